The van der Waals surface area contributed by atoms with Gasteiger partial charge >= 0.3 is 0 Å². The summed E-state index contributed by atoms with van der Waals surface area (Å²) >= 11 is 0. The Bertz CT molecular complexity index is 808. The van der Waals surface area contributed by atoms with E-state index in [1.807, 2.05) is 36.4 Å². The predicted octanol–water partition coefficient (Wildman–Crippen LogP) is 4.74. The topological polar surface area (TPSA) is 42.4 Å². The van der Waals surface area contributed by atoms with Crippen LogP contribution in [0.3, 0.4) is 0 Å². The molecule has 0 amide bonds. The molecule has 3 rings (SSSR count). The van der Waals surface area contributed by atoms with Gasteiger partial charge in [0.2, 0.25) is 5.88 Å². The van der Waals surface area contributed by atoms with Gasteiger partial charge < -0.3 is 9.84 Å². The van der Waals surface area contributed by atoms with Crippen LogP contribution < -0.4 is 4.74 Å². The molecule has 0 saturated heterocycles. The second-order valence-corrected chi connectivity index (χ2v) is 5.69. The second kappa shape index (κ2) is 5.68. The van der Waals surface area contributed by atoms with E-state index in [0.717, 1.165) is 27.8 Å². The third-order valence-electron chi connectivity index (χ3n) is 3.89. The first-order valence-electron chi connectivity index (χ1n) is 7.36. The largest absolute Gasteiger partial charge is 0.497 e. The molecule has 112 valence electrons. The molecule has 1 heterocycles. The molecule has 3 nitrogen and oxygen atoms in total. The summed E-state index contributed by atoms with van der Waals surface area (Å²) in [6.07, 6.45) is 0. The number of hydrogen-bond donors (Lipinski definition) is 1. The van der Waals surface area contributed by atoms with Crippen LogP contribution in [0, 0.1) is 0 Å². The Labute approximate surface area is 130 Å². The molecule has 1 N–H and O–H groups in total. The van der Waals surface area contributed by atoms with E-state index in [0.29, 0.717) is 5.92 Å². The molecule has 0 aliphatic rings. The molecule has 0 bridgehead atoms. The van der Waals surface area contributed by atoms with Gasteiger partial charge in [0.1, 0.15) is 5.75 Å². The summed E-state index contributed by atoms with van der Waals surface area (Å²) in [5, 5.41) is 11.8. The molecular formula is C19H19NO2. The van der Waals surface area contributed by atoms with Crippen LogP contribution in [0.4, 0.5) is 0 Å². The number of methoxy groups -OCH3 is 1. The molecule has 0 aliphatic carbocycles. The fourth-order valence-electron chi connectivity index (χ4n) is 2.53. The van der Waals surface area contributed by atoms with Crippen molar-refractivity contribution in [2.75, 3.05) is 7.11 Å². The number of aromatic hydroxyl groups is 1. The predicted molar refractivity (Wildman–Crippen MR) is 89.5 cm³/mol. The lowest BCUT2D eigenvalue weighted by molar-refractivity contribution is 0.415. The van der Waals surface area contributed by atoms with Crippen molar-refractivity contribution in [3.8, 4) is 22.9 Å². The van der Waals surface area contributed by atoms with Crippen molar-refractivity contribution in [2.45, 2.75) is 19.8 Å². The van der Waals surface area contributed by atoms with E-state index < -0.39 is 0 Å². The summed E-state index contributed by atoms with van der Waals surface area (Å²) in [5.74, 6) is 1.30. The van der Waals surface area contributed by atoms with Crippen molar-refractivity contribution >= 4 is 10.8 Å². The van der Waals surface area contributed by atoms with E-state index in [-0.39, 0.29) is 5.88 Å². The van der Waals surface area contributed by atoms with Gasteiger partial charge in [-0.1, -0.05) is 38.1 Å². The molecular weight excluding hydrogens is 274 g/mol. The summed E-state index contributed by atoms with van der Waals surface area (Å²) in [5.41, 5.74) is 3.04. The van der Waals surface area contributed by atoms with Gasteiger partial charge in [0, 0.05) is 10.9 Å². The maximum Gasteiger partial charge on any atom is 0.219 e. The molecule has 0 unspecified atom stereocenters. The molecule has 2 aromatic carbocycles. The Hall–Kier alpha value is -2.55. The Balaban J connectivity index is 2.10. The maximum absolute atomic E-state index is 10.2. The van der Waals surface area contributed by atoms with E-state index in [9.17, 15) is 5.11 Å². The van der Waals surface area contributed by atoms with Crippen LogP contribution in [0.15, 0.2) is 48.5 Å². The van der Waals surface area contributed by atoms with Crippen LogP contribution >= 0.6 is 0 Å². The molecule has 0 saturated carbocycles. The normalized spacial score (nSPS) is 11.1. The molecule has 0 aliphatic heterocycles. The molecule has 0 radical (unpaired) electrons. The van der Waals surface area contributed by atoms with Crippen molar-refractivity contribution in [1.82, 2.24) is 4.98 Å². The average molecular weight is 293 g/mol. The van der Waals surface area contributed by atoms with Gasteiger partial charge in [-0.05, 0) is 41.1 Å². The number of rotatable bonds is 3. The van der Waals surface area contributed by atoms with Gasteiger partial charge in [-0.15, -0.1) is 0 Å². The number of fused-ring (bicyclic) bond motifs is 1. The maximum atomic E-state index is 10.2. The van der Waals surface area contributed by atoms with E-state index in [1.165, 1.54) is 5.56 Å². The Morgan fingerprint density at radius 2 is 1.73 bits per heavy atom. The van der Waals surface area contributed by atoms with Crippen LogP contribution in [0.25, 0.3) is 22.0 Å². The summed E-state index contributed by atoms with van der Waals surface area (Å²) in [7, 11) is 1.63. The number of pyridine rings is 1. The highest BCUT2D eigenvalue weighted by Crippen LogP contribution is 2.31. The third kappa shape index (κ3) is 2.62. The van der Waals surface area contributed by atoms with Gasteiger partial charge in [0.25, 0.3) is 0 Å². The Morgan fingerprint density at radius 3 is 2.36 bits per heavy atom. The molecule has 0 fully saturated rings. The lowest BCUT2D eigenvalue weighted by Crippen LogP contribution is -1.90. The minimum Gasteiger partial charge on any atom is -0.497 e. The van der Waals surface area contributed by atoms with Gasteiger partial charge in [-0.2, -0.15) is 0 Å². The highest BCUT2D eigenvalue weighted by atomic mass is 16.5. The molecule has 22 heavy (non-hydrogen) atoms. The van der Waals surface area contributed by atoms with Crippen molar-refractivity contribution in [3.05, 3.63) is 54.1 Å². The van der Waals surface area contributed by atoms with E-state index in [1.54, 1.807) is 7.11 Å². The minimum atomic E-state index is 0.0445. The third-order valence-corrected chi connectivity index (χ3v) is 3.89. The van der Waals surface area contributed by atoms with Crippen LogP contribution in [0.5, 0.6) is 11.6 Å². The average Bonchev–Trinajstić information content (AvgIpc) is 2.54. The van der Waals surface area contributed by atoms with Gasteiger partial charge in [0.05, 0.1) is 12.8 Å². The highest BCUT2D eigenvalue weighted by molar-refractivity contribution is 5.90. The van der Waals surface area contributed by atoms with E-state index >= 15 is 0 Å². The molecule has 0 spiro atoms. The van der Waals surface area contributed by atoms with Crippen molar-refractivity contribution in [1.29, 1.82) is 0 Å². The molecule has 0 atom stereocenters. The highest BCUT2D eigenvalue weighted by Gasteiger charge is 2.08. The Morgan fingerprint density at radius 1 is 1.00 bits per heavy atom. The van der Waals surface area contributed by atoms with Crippen molar-refractivity contribution < 1.29 is 9.84 Å². The molecule has 3 aromatic rings. The van der Waals surface area contributed by atoms with Crippen LogP contribution in [-0.2, 0) is 0 Å². The number of benzene rings is 2. The fraction of sp³-hybridized carbons (Fsp3) is 0.211. The Kier molecular flexibility index (Phi) is 3.72. The lowest BCUT2D eigenvalue weighted by Gasteiger charge is -2.09. The molecule has 3 heteroatoms. The van der Waals surface area contributed by atoms with Gasteiger partial charge in [-0.25, -0.2) is 4.98 Å². The monoisotopic (exact) mass is 293 g/mol. The summed E-state index contributed by atoms with van der Waals surface area (Å²) in [6, 6.07) is 15.8. The first-order chi connectivity index (χ1) is 10.6. The summed E-state index contributed by atoms with van der Waals surface area (Å²) in [6.45, 7) is 4.34. The summed E-state index contributed by atoms with van der Waals surface area (Å²) in [4.78, 5) is 4.32. The first kappa shape index (κ1) is 14.4. The quantitative estimate of drug-likeness (QED) is 0.758. The van der Waals surface area contributed by atoms with Gasteiger partial charge in [0.15, 0.2) is 0 Å². The van der Waals surface area contributed by atoms with Crippen LogP contribution in [0.1, 0.15) is 25.3 Å². The van der Waals surface area contributed by atoms with Crippen molar-refractivity contribution in [2.24, 2.45) is 0 Å². The lowest BCUT2D eigenvalue weighted by atomic mass is 10.00. The molecule has 1 aromatic heterocycles. The van der Waals surface area contributed by atoms with Crippen LogP contribution in [-0.4, -0.2) is 17.2 Å². The number of ether oxygens (including phenoxy) is 1. The van der Waals surface area contributed by atoms with Crippen LogP contribution in [0.2, 0.25) is 0 Å². The second-order valence-electron chi connectivity index (χ2n) is 5.69. The van der Waals surface area contributed by atoms with E-state index in [4.69, 9.17) is 4.74 Å². The fourth-order valence-corrected chi connectivity index (χ4v) is 2.53. The van der Waals surface area contributed by atoms with Crippen molar-refractivity contribution in [3.63, 3.8) is 0 Å². The smallest absolute Gasteiger partial charge is 0.219 e. The first-order valence-corrected chi connectivity index (χ1v) is 7.36. The zero-order valence-electron chi connectivity index (χ0n) is 13.0. The minimum absolute atomic E-state index is 0.0445. The number of aromatic nitrogens is 1. The van der Waals surface area contributed by atoms with E-state index in [2.05, 4.69) is 31.0 Å². The SMILES string of the molecule is COc1ccc2c(O)nc(-c3ccc(C(C)C)cc3)cc2c1. The zero-order chi connectivity index (χ0) is 15.7. The summed E-state index contributed by atoms with van der Waals surface area (Å²) < 4.78 is 5.25. The standard InChI is InChI=1S/C19H19NO2/c1-12(2)13-4-6-14(7-5-13)18-11-15-10-16(22-3)8-9-17(15)19(21)20-18/h4-12H,1-3H3,(H,20,21). The van der Waals surface area contributed by atoms with Gasteiger partial charge in [-0.3, -0.25) is 0 Å². The number of hydrogen-bond acceptors (Lipinski definition) is 3. The zero-order valence-corrected chi connectivity index (χ0v) is 13.0. The number of nitrogens with zero attached hydrogens (tertiary/aromatic N) is 1.